The van der Waals surface area contributed by atoms with Gasteiger partial charge in [0.2, 0.25) is 0 Å². The number of carbonyl (C=O) groups is 1. The maximum atomic E-state index is 10.8. The van der Waals surface area contributed by atoms with E-state index in [0.29, 0.717) is 12.7 Å². The normalized spacial score (nSPS) is 10.2. The molecule has 0 saturated heterocycles. The summed E-state index contributed by atoms with van der Waals surface area (Å²) in [6, 6.07) is 13.2. The topological polar surface area (TPSA) is 37.3 Å². The maximum Gasteiger partial charge on any atom is 0.153 e. The number of hydrogen-bond acceptors (Lipinski definition) is 2. The third-order valence-corrected chi connectivity index (χ3v) is 2.82. The zero-order valence-electron chi connectivity index (χ0n) is 9.06. The molecule has 1 N–H and O–H groups in total. The minimum Gasteiger partial charge on any atom is -0.506 e. The van der Waals surface area contributed by atoms with Crippen LogP contribution in [-0.2, 0) is 6.42 Å². The molecule has 0 atom stereocenters. The van der Waals surface area contributed by atoms with Crippen molar-refractivity contribution in [2.75, 3.05) is 0 Å². The summed E-state index contributed by atoms with van der Waals surface area (Å²) in [6.07, 6.45) is 1.29. The van der Waals surface area contributed by atoms with Gasteiger partial charge in [0.25, 0.3) is 0 Å². The molecule has 0 bridgehead atoms. The number of rotatable bonds is 3. The number of benzene rings is 2. The molecule has 0 saturated carbocycles. The lowest BCUT2D eigenvalue weighted by atomic mass is 10.0. The molecule has 3 heteroatoms. The number of carbonyl (C=O) groups excluding carboxylic acids is 1. The van der Waals surface area contributed by atoms with E-state index in [1.165, 1.54) is 0 Å². The van der Waals surface area contributed by atoms with Gasteiger partial charge in [0, 0.05) is 0 Å². The van der Waals surface area contributed by atoms with E-state index in [9.17, 15) is 9.90 Å². The van der Waals surface area contributed by atoms with Crippen molar-refractivity contribution in [3.8, 4) is 5.75 Å². The third kappa shape index (κ3) is 2.66. The van der Waals surface area contributed by atoms with Gasteiger partial charge < -0.3 is 5.11 Å². The number of hydrogen-bond donors (Lipinski definition) is 1. The summed E-state index contributed by atoms with van der Waals surface area (Å²) in [6.45, 7) is 0. The Balaban J connectivity index is 2.34. The molecule has 0 aliphatic rings. The van der Waals surface area contributed by atoms with Crippen LogP contribution in [0.3, 0.4) is 0 Å². The molecule has 0 heterocycles. The van der Waals surface area contributed by atoms with E-state index >= 15 is 0 Å². The Kier molecular flexibility index (Phi) is 3.45. The van der Waals surface area contributed by atoms with Crippen LogP contribution in [0.1, 0.15) is 21.5 Å². The molecule has 2 aromatic rings. The van der Waals surface area contributed by atoms with Crippen LogP contribution in [0.4, 0.5) is 0 Å². The molecule has 0 fully saturated rings. The largest absolute Gasteiger partial charge is 0.506 e. The summed E-state index contributed by atoms with van der Waals surface area (Å²) in [4.78, 5) is 10.8. The molecule has 0 radical (unpaired) electrons. The maximum absolute atomic E-state index is 10.8. The SMILES string of the molecule is O=Cc1cc(Cc2ccccc2)cc(Cl)c1O. The second-order valence-corrected chi connectivity index (χ2v) is 4.20. The first-order valence-corrected chi connectivity index (χ1v) is 5.59. The quantitative estimate of drug-likeness (QED) is 0.843. The van der Waals surface area contributed by atoms with Gasteiger partial charge in [-0.1, -0.05) is 41.9 Å². The molecular formula is C14H11ClO2. The van der Waals surface area contributed by atoms with E-state index in [-0.39, 0.29) is 16.3 Å². The van der Waals surface area contributed by atoms with Gasteiger partial charge in [0.05, 0.1) is 10.6 Å². The Morgan fingerprint density at radius 3 is 2.47 bits per heavy atom. The Labute approximate surface area is 104 Å². The van der Waals surface area contributed by atoms with E-state index in [4.69, 9.17) is 11.6 Å². The van der Waals surface area contributed by atoms with Crippen LogP contribution in [0.5, 0.6) is 5.75 Å². The molecule has 0 aliphatic carbocycles. The second-order valence-electron chi connectivity index (χ2n) is 3.80. The van der Waals surface area contributed by atoms with Gasteiger partial charge in [-0.2, -0.15) is 0 Å². The average molecular weight is 247 g/mol. The van der Waals surface area contributed by atoms with Gasteiger partial charge in [0.1, 0.15) is 5.75 Å². The molecule has 86 valence electrons. The van der Waals surface area contributed by atoms with Crippen LogP contribution in [0, 0.1) is 0 Å². The molecule has 0 unspecified atom stereocenters. The number of aldehydes is 1. The summed E-state index contributed by atoms with van der Waals surface area (Å²) in [5.74, 6) is -0.154. The first-order chi connectivity index (χ1) is 8.20. The molecule has 2 rings (SSSR count). The number of phenols is 1. The first-order valence-electron chi connectivity index (χ1n) is 5.21. The highest BCUT2D eigenvalue weighted by Gasteiger charge is 2.08. The van der Waals surface area contributed by atoms with Crippen molar-refractivity contribution in [1.29, 1.82) is 0 Å². The Morgan fingerprint density at radius 2 is 1.82 bits per heavy atom. The van der Waals surface area contributed by atoms with Crippen LogP contribution in [-0.4, -0.2) is 11.4 Å². The Morgan fingerprint density at radius 1 is 1.12 bits per heavy atom. The highest BCUT2D eigenvalue weighted by Crippen LogP contribution is 2.28. The second kappa shape index (κ2) is 5.02. The monoisotopic (exact) mass is 246 g/mol. The van der Waals surface area contributed by atoms with Crippen molar-refractivity contribution in [2.45, 2.75) is 6.42 Å². The lowest BCUT2D eigenvalue weighted by Gasteiger charge is -2.06. The fraction of sp³-hybridized carbons (Fsp3) is 0.0714. The van der Waals surface area contributed by atoms with Crippen LogP contribution in [0.25, 0.3) is 0 Å². The summed E-state index contributed by atoms with van der Waals surface area (Å²) in [7, 11) is 0. The lowest BCUT2D eigenvalue weighted by Crippen LogP contribution is -1.91. The van der Waals surface area contributed by atoms with Gasteiger partial charge in [-0.05, 0) is 29.7 Å². The molecule has 0 amide bonds. The minimum atomic E-state index is -0.154. The van der Waals surface area contributed by atoms with Crippen LogP contribution in [0.15, 0.2) is 42.5 Å². The molecule has 0 spiro atoms. The van der Waals surface area contributed by atoms with Crippen molar-refractivity contribution in [1.82, 2.24) is 0 Å². The standard InChI is InChI=1S/C14H11ClO2/c15-13-8-11(7-12(9-16)14(13)17)6-10-4-2-1-3-5-10/h1-5,7-9,17H,6H2. The first kappa shape index (κ1) is 11.7. The molecular weight excluding hydrogens is 236 g/mol. The average Bonchev–Trinajstić information content (AvgIpc) is 2.35. The van der Waals surface area contributed by atoms with Crippen molar-refractivity contribution in [2.24, 2.45) is 0 Å². The van der Waals surface area contributed by atoms with Gasteiger partial charge in [-0.3, -0.25) is 4.79 Å². The summed E-state index contributed by atoms with van der Waals surface area (Å²) in [5.41, 5.74) is 2.26. The number of halogens is 1. The van der Waals surface area contributed by atoms with Crippen LogP contribution in [0.2, 0.25) is 5.02 Å². The Bertz CT molecular complexity index is 535. The van der Waals surface area contributed by atoms with Crippen molar-refractivity contribution >= 4 is 17.9 Å². The zero-order valence-corrected chi connectivity index (χ0v) is 9.82. The molecule has 2 aromatic carbocycles. The van der Waals surface area contributed by atoms with Crippen molar-refractivity contribution in [3.05, 3.63) is 64.2 Å². The summed E-state index contributed by atoms with van der Waals surface area (Å²) in [5, 5.41) is 9.73. The minimum absolute atomic E-state index is 0.154. The van der Waals surface area contributed by atoms with Gasteiger partial charge in [-0.25, -0.2) is 0 Å². The van der Waals surface area contributed by atoms with Gasteiger partial charge in [-0.15, -0.1) is 0 Å². The Hall–Kier alpha value is -1.80. The molecule has 2 nitrogen and oxygen atoms in total. The van der Waals surface area contributed by atoms with Gasteiger partial charge >= 0.3 is 0 Å². The van der Waals surface area contributed by atoms with Crippen molar-refractivity contribution in [3.63, 3.8) is 0 Å². The highest BCUT2D eigenvalue weighted by atomic mass is 35.5. The molecule has 17 heavy (non-hydrogen) atoms. The van der Waals surface area contributed by atoms with Crippen molar-refractivity contribution < 1.29 is 9.90 Å². The summed E-state index contributed by atoms with van der Waals surface area (Å²) < 4.78 is 0. The fourth-order valence-corrected chi connectivity index (χ4v) is 1.95. The molecule has 0 aromatic heterocycles. The van der Waals surface area contributed by atoms with Gasteiger partial charge in [0.15, 0.2) is 6.29 Å². The zero-order chi connectivity index (χ0) is 12.3. The van der Waals surface area contributed by atoms with E-state index in [0.717, 1.165) is 11.1 Å². The van der Waals surface area contributed by atoms with E-state index in [1.807, 2.05) is 30.3 Å². The molecule has 0 aliphatic heterocycles. The van der Waals surface area contributed by atoms with E-state index in [2.05, 4.69) is 0 Å². The number of phenolic OH excluding ortho intramolecular Hbond substituents is 1. The predicted octanol–water partition coefficient (Wildman–Crippen LogP) is 3.45. The summed E-state index contributed by atoms with van der Waals surface area (Å²) >= 11 is 5.86. The predicted molar refractivity (Wildman–Crippen MR) is 67.8 cm³/mol. The number of aromatic hydroxyl groups is 1. The third-order valence-electron chi connectivity index (χ3n) is 2.53. The van der Waals surface area contributed by atoms with Crippen LogP contribution >= 0.6 is 11.6 Å². The fourth-order valence-electron chi connectivity index (χ4n) is 1.70. The van der Waals surface area contributed by atoms with E-state index < -0.39 is 0 Å². The lowest BCUT2D eigenvalue weighted by molar-refractivity contribution is 0.112. The van der Waals surface area contributed by atoms with Crippen LogP contribution < -0.4 is 0 Å². The highest BCUT2D eigenvalue weighted by molar-refractivity contribution is 6.32. The van der Waals surface area contributed by atoms with E-state index in [1.54, 1.807) is 12.1 Å². The smallest absolute Gasteiger partial charge is 0.153 e.